The van der Waals surface area contributed by atoms with Crippen molar-refractivity contribution < 1.29 is 0 Å². The lowest BCUT2D eigenvalue weighted by atomic mass is 10.4. The van der Waals surface area contributed by atoms with Gasteiger partial charge in [-0.25, -0.2) is 0 Å². The fourth-order valence-electron chi connectivity index (χ4n) is 1.74. The second-order valence-corrected chi connectivity index (χ2v) is 4.02. The van der Waals surface area contributed by atoms with Crippen LogP contribution in [0, 0.1) is 0 Å². The molecule has 2 aromatic heterocycles. The average Bonchev–Trinajstić information content (AvgIpc) is 3.00. The summed E-state index contributed by atoms with van der Waals surface area (Å²) in [6.45, 7) is 1.00. The maximum atomic E-state index is 4.19. The van der Waals surface area contributed by atoms with Crippen LogP contribution in [0.5, 0.6) is 0 Å². The Balaban J connectivity index is 1.72. The fourth-order valence-corrected chi connectivity index (χ4v) is 1.74. The summed E-state index contributed by atoms with van der Waals surface area (Å²) in [5.74, 6) is 1.04. The Labute approximate surface area is 88.3 Å². The zero-order valence-corrected chi connectivity index (χ0v) is 8.56. The molecule has 15 heavy (non-hydrogen) atoms. The zero-order chi connectivity index (χ0) is 10.1. The molecule has 4 heteroatoms. The minimum atomic E-state index is 0.768. The molecule has 1 saturated carbocycles. The second-order valence-electron chi connectivity index (χ2n) is 4.02. The SMILES string of the molecule is c1ccn2c(CCNC3CC3)nnc2c1. The number of hydrogen-bond donors (Lipinski definition) is 1. The molecule has 78 valence electrons. The van der Waals surface area contributed by atoms with Gasteiger partial charge in [-0.2, -0.15) is 0 Å². The lowest BCUT2D eigenvalue weighted by Gasteiger charge is -2.01. The highest BCUT2D eigenvalue weighted by atomic mass is 15.2. The Hall–Kier alpha value is -1.42. The fraction of sp³-hybridized carbons (Fsp3) is 0.455. The molecule has 0 unspecified atom stereocenters. The van der Waals surface area contributed by atoms with E-state index in [1.54, 1.807) is 0 Å². The molecule has 2 aromatic rings. The van der Waals surface area contributed by atoms with Gasteiger partial charge in [0, 0.05) is 25.2 Å². The van der Waals surface area contributed by atoms with E-state index in [0.29, 0.717) is 0 Å². The molecule has 0 radical (unpaired) electrons. The second kappa shape index (κ2) is 3.62. The molecule has 0 atom stereocenters. The van der Waals surface area contributed by atoms with Crippen molar-refractivity contribution in [2.45, 2.75) is 25.3 Å². The van der Waals surface area contributed by atoms with Crippen LogP contribution in [0.2, 0.25) is 0 Å². The van der Waals surface area contributed by atoms with Crippen LogP contribution in [0.4, 0.5) is 0 Å². The van der Waals surface area contributed by atoms with E-state index in [2.05, 4.69) is 19.9 Å². The predicted molar refractivity (Wildman–Crippen MR) is 57.7 cm³/mol. The van der Waals surface area contributed by atoms with Crippen LogP contribution >= 0.6 is 0 Å². The number of hydrogen-bond acceptors (Lipinski definition) is 3. The quantitative estimate of drug-likeness (QED) is 0.805. The molecular weight excluding hydrogens is 188 g/mol. The maximum Gasteiger partial charge on any atom is 0.160 e. The Bertz CT molecular complexity index is 458. The van der Waals surface area contributed by atoms with Crippen LogP contribution in [0.25, 0.3) is 5.65 Å². The van der Waals surface area contributed by atoms with E-state index in [0.717, 1.165) is 30.5 Å². The van der Waals surface area contributed by atoms with E-state index in [9.17, 15) is 0 Å². The van der Waals surface area contributed by atoms with Crippen molar-refractivity contribution >= 4 is 5.65 Å². The molecule has 0 saturated heterocycles. The molecule has 4 nitrogen and oxygen atoms in total. The van der Waals surface area contributed by atoms with Crippen molar-refractivity contribution in [1.29, 1.82) is 0 Å². The monoisotopic (exact) mass is 202 g/mol. The van der Waals surface area contributed by atoms with Crippen LogP contribution in [-0.2, 0) is 6.42 Å². The summed E-state index contributed by atoms with van der Waals surface area (Å²) in [6.07, 6.45) is 5.63. The average molecular weight is 202 g/mol. The van der Waals surface area contributed by atoms with Gasteiger partial charge in [0.1, 0.15) is 5.82 Å². The van der Waals surface area contributed by atoms with Crippen molar-refractivity contribution in [1.82, 2.24) is 19.9 Å². The summed E-state index contributed by atoms with van der Waals surface area (Å²) in [7, 11) is 0. The van der Waals surface area contributed by atoms with Gasteiger partial charge in [-0.15, -0.1) is 10.2 Å². The number of nitrogens with one attached hydrogen (secondary N) is 1. The van der Waals surface area contributed by atoms with Crippen LogP contribution in [0.3, 0.4) is 0 Å². The van der Waals surface area contributed by atoms with Gasteiger partial charge in [-0.1, -0.05) is 6.07 Å². The van der Waals surface area contributed by atoms with Crippen LogP contribution in [0.15, 0.2) is 24.4 Å². The standard InChI is InChI=1S/C11H14N4/c1-2-8-15-10(3-1)13-14-11(15)6-7-12-9-4-5-9/h1-3,8-9,12H,4-7H2. The minimum Gasteiger partial charge on any atom is -0.314 e. The lowest BCUT2D eigenvalue weighted by Crippen LogP contribution is -2.20. The van der Waals surface area contributed by atoms with Crippen molar-refractivity contribution in [2.24, 2.45) is 0 Å². The van der Waals surface area contributed by atoms with Gasteiger partial charge in [0.25, 0.3) is 0 Å². The first-order chi connectivity index (χ1) is 7.43. The van der Waals surface area contributed by atoms with Crippen molar-refractivity contribution in [3.63, 3.8) is 0 Å². The lowest BCUT2D eigenvalue weighted by molar-refractivity contribution is 0.663. The molecule has 1 fully saturated rings. The zero-order valence-electron chi connectivity index (χ0n) is 8.56. The van der Waals surface area contributed by atoms with Gasteiger partial charge in [0.05, 0.1) is 0 Å². The Kier molecular flexibility index (Phi) is 2.14. The Morgan fingerprint density at radius 3 is 3.13 bits per heavy atom. The number of pyridine rings is 1. The van der Waals surface area contributed by atoms with E-state index >= 15 is 0 Å². The maximum absolute atomic E-state index is 4.19. The van der Waals surface area contributed by atoms with Gasteiger partial charge in [-0.05, 0) is 25.0 Å². The minimum absolute atomic E-state index is 0.768. The smallest absolute Gasteiger partial charge is 0.160 e. The van der Waals surface area contributed by atoms with E-state index in [1.807, 2.05) is 24.4 Å². The molecule has 3 rings (SSSR count). The predicted octanol–water partition coefficient (Wildman–Crippen LogP) is 1.02. The number of aromatic nitrogens is 3. The highest BCUT2D eigenvalue weighted by Gasteiger charge is 2.19. The van der Waals surface area contributed by atoms with Crippen LogP contribution in [-0.4, -0.2) is 27.2 Å². The molecule has 0 aromatic carbocycles. The van der Waals surface area contributed by atoms with E-state index in [1.165, 1.54) is 12.8 Å². The molecule has 1 aliphatic rings. The first-order valence-electron chi connectivity index (χ1n) is 5.45. The molecule has 0 aliphatic heterocycles. The summed E-state index contributed by atoms with van der Waals surface area (Å²) in [5.41, 5.74) is 0.930. The highest BCUT2D eigenvalue weighted by Crippen LogP contribution is 2.18. The molecule has 1 N–H and O–H groups in total. The third kappa shape index (κ3) is 1.85. The van der Waals surface area contributed by atoms with E-state index < -0.39 is 0 Å². The van der Waals surface area contributed by atoms with Gasteiger partial charge in [0.15, 0.2) is 5.65 Å². The van der Waals surface area contributed by atoms with Crippen molar-refractivity contribution in [2.75, 3.05) is 6.54 Å². The highest BCUT2D eigenvalue weighted by molar-refractivity contribution is 5.36. The van der Waals surface area contributed by atoms with Gasteiger partial charge >= 0.3 is 0 Å². The first kappa shape index (κ1) is 8.85. The van der Waals surface area contributed by atoms with Gasteiger partial charge in [-0.3, -0.25) is 4.40 Å². The third-order valence-corrected chi connectivity index (χ3v) is 2.74. The number of nitrogens with zero attached hydrogens (tertiary/aromatic N) is 3. The normalized spacial score (nSPS) is 16.0. The summed E-state index contributed by atoms with van der Waals surface area (Å²) >= 11 is 0. The van der Waals surface area contributed by atoms with Gasteiger partial charge in [0.2, 0.25) is 0 Å². The van der Waals surface area contributed by atoms with Gasteiger partial charge < -0.3 is 5.32 Å². The molecule has 0 amide bonds. The van der Waals surface area contributed by atoms with Crippen molar-refractivity contribution in [3.05, 3.63) is 30.2 Å². The Morgan fingerprint density at radius 2 is 2.27 bits per heavy atom. The molecular formula is C11H14N4. The molecule has 2 heterocycles. The van der Waals surface area contributed by atoms with E-state index in [4.69, 9.17) is 0 Å². The molecule has 1 aliphatic carbocycles. The summed E-state index contributed by atoms with van der Waals surface area (Å²) < 4.78 is 2.05. The van der Waals surface area contributed by atoms with Crippen LogP contribution in [0.1, 0.15) is 18.7 Å². The number of fused-ring (bicyclic) bond motifs is 1. The molecule has 0 spiro atoms. The summed E-state index contributed by atoms with van der Waals surface area (Å²) in [4.78, 5) is 0. The topological polar surface area (TPSA) is 42.2 Å². The summed E-state index contributed by atoms with van der Waals surface area (Å²) in [5, 5.41) is 11.8. The molecule has 0 bridgehead atoms. The third-order valence-electron chi connectivity index (χ3n) is 2.74. The summed E-state index contributed by atoms with van der Waals surface area (Å²) in [6, 6.07) is 6.74. The largest absolute Gasteiger partial charge is 0.314 e. The van der Waals surface area contributed by atoms with Crippen molar-refractivity contribution in [3.8, 4) is 0 Å². The number of rotatable bonds is 4. The van der Waals surface area contributed by atoms with E-state index in [-0.39, 0.29) is 0 Å². The Morgan fingerprint density at radius 1 is 1.33 bits per heavy atom. The first-order valence-corrected chi connectivity index (χ1v) is 5.45. The van der Waals surface area contributed by atoms with Crippen LogP contribution < -0.4 is 5.32 Å².